The molecule has 2 rings (SSSR count). The molecule has 0 radical (unpaired) electrons. The minimum absolute atomic E-state index is 0.399. The second kappa shape index (κ2) is 7.22. The molecule has 19 heavy (non-hydrogen) atoms. The van der Waals surface area contributed by atoms with E-state index in [1.807, 2.05) is 12.1 Å². The van der Waals surface area contributed by atoms with E-state index in [2.05, 4.69) is 29.5 Å². The van der Waals surface area contributed by atoms with Crippen LogP contribution in [-0.2, 0) is 6.42 Å². The molecule has 1 fully saturated rings. The van der Waals surface area contributed by atoms with Crippen LogP contribution < -0.4 is 10.6 Å². The van der Waals surface area contributed by atoms with Gasteiger partial charge in [0.15, 0.2) is 5.96 Å². The van der Waals surface area contributed by atoms with Crippen molar-refractivity contribution in [1.29, 1.82) is 0 Å². The molecule has 106 valence electrons. The number of nitrogens with one attached hydrogen (secondary N) is 2. The first-order valence-corrected chi connectivity index (χ1v) is 7.34. The largest absolute Gasteiger partial charge is 0.469 e. The molecule has 0 atom stereocenters. The van der Waals surface area contributed by atoms with Crippen molar-refractivity contribution in [2.75, 3.05) is 6.54 Å². The lowest BCUT2D eigenvalue weighted by atomic mass is 10.2. The Bertz CT molecular complexity index is 378. The third-order valence-electron chi connectivity index (χ3n) is 3.33. The predicted octanol–water partition coefficient (Wildman–Crippen LogP) is 2.71. The second-order valence-electron chi connectivity index (χ2n) is 5.48. The number of hydrogen-bond donors (Lipinski definition) is 2. The summed E-state index contributed by atoms with van der Waals surface area (Å²) in [7, 11) is 0. The SMILES string of the molecule is CC(C)NC(=NCCc1ccco1)NC1CCCC1. The molecule has 0 unspecified atom stereocenters. The van der Waals surface area contributed by atoms with Crippen LogP contribution in [0.1, 0.15) is 45.3 Å². The van der Waals surface area contributed by atoms with Crippen LogP contribution in [-0.4, -0.2) is 24.6 Å². The molecule has 1 saturated carbocycles. The van der Waals surface area contributed by atoms with Crippen LogP contribution in [0.5, 0.6) is 0 Å². The van der Waals surface area contributed by atoms with Crippen LogP contribution >= 0.6 is 0 Å². The molecule has 0 spiro atoms. The summed E-state index contributed by atoms with van der Waals surface area (Å²) in [6.07, 6.45) is 7.75. The zero-order chi connectivity index (χ0) is 13.5. The van der Waals surface area contributed by atoms with Crippen LogP contribution in [0.15, 0.2) is 27.8 Å². The van der Waals surface area contributed by atoms with Crippen molar-refractivity contribution in [3.63, 3.8) is 0 Å². The molecule has 1 aliphatic rings. The van der Waals surface area contributed by atoms with Crippen molar-refractivity contribution in [2.45, 2.75) is 58.0 Å². The van der Waals surface area contributed by atoms with E-state index in [4.69, 9.17) is 4.42 Å². The first-order chi connectivity index (χ1) is 9.24. The van der Waals surface area contributed by atoms with Gasteiger partial charge in [0.1, 0.15) is 5.76 Å². The van der Waals surface area contributed by atoms with E-state index in [1.54, 1.807) is 6.26 Å². The molecular formula is C15H25N3O. The summed E-state index contributed by atoms with van der Waals surface area (Å²) >= 11 is 0. The van der Waals surface area contributed by atoms with Crippen LogP contribution in [0.25, 0.3) is 0 Å². The zero-order valence-corrected chi connectivity index (χ0v) is 12.0. The molecule has 0 saturated heterocycles. The Kier molecular flexibility index (Phi) is 5.31. The molecule has 0 amide bonds. The Hall–Kier alpha value is -1.45. The van der Waals surface area contributed by atoms with E-state index in [1.165, 1.54) is 25.7 Å². The topological polar surface area (TPSA) is 49.6 Å². The fourth-order valence-corrected chi connectivity index (χ4v) is 2.40. The first-order valence-electron chi connectivity index (χ1n) is 7.34. The Morgan fingerprint density at radius 1 is 1.42 bits per heavy atom. The summed E-state index contributed by atoms with van der Waals surface area (Å²) in [6, 6.07) is 4.91. The van der Waals surface area contributed by atoms with Crippen molar-refractivity contribution in [1.82, 2.24) is 10.6 Å². The van der Waals surface area contributed by atoms with Crippen molar-refractivity contribution in [2.24, 2.45) is 4.99 Å². The highest BCUT2D eigenvalue weighted by atomic mass is 16.3. The molecule has 1 aliphatic carbocycles. The third-order valence-corrected chi connectivity index (χ3v) is 3.33. The quantitative estimate of drug-likeness (QED) is 0.634. The van der Waals surface area contributed by atoms with Gasteiger partial charge >= 0.3 is 0 Å². The lowest BCUT2D eigenvalue weighted by Gasteiger charge is -2.19. The molecule has 0 bridgehead atoms. The van der Waals surface area contributed by atoms with Gasteiger partial charge in [0, 0.05) is 25.0 Å². The van der Waals surface area contributed by atoms with Gasteiger partial charge in [-0.1, -0.05) is 12.8 Å². The van der Waals surface area contributed by atoms with E-state index < -0.39 is 0 Å². The number of aliphatic imine (C=N–C) groups is 1. The highest BCUT2D eigenvalue weighted by Crippen LogP contribution is 2.17. The van der Waals surface area contributed by atoms with Crippen molar-refractivity contribution >= 4 is 5.96 Å². The second-order valence-corrected chi connectivity index (χ2v) is 5.48. The van der Waals surface area contributed by atoms with Gasteiger partial charge in [0.2, 0.25) is 0 Å². The highest BCUT2D eigenvalue weighted by molar-refractivity contribution is 5.80. The van der Waals surface area contributed by atoms with Crippen molar-refractivity contribution < 1.29 is 4.42 Å². The number of rotatable bonds is 5. The molecule has 1 aromatic heterocycles. The number of nitrogens with zero attached hydrogens (tertiary/aromatic N) is 1. The van der Waals surface area contributed by atoms with Gasteiger partial charge in [-0.3, -0.25) is 4.99 Å². The Morgan fingerprint density at radius 3 is 2.84 bits per heavy atom. The fourth-order valence-electron chi connectivity index (χ4n) is 2.40. The summed E-state index contributed by atoms with van der Waals surface area (Å²) in [4.78, 5) is 4.64. The van der Waals surface area contributed by atoms with Gasteiger partial charge in [-0.15, -0.1) is 0 Å². The summed E-state index contributed by atoms with van der Waals surface area (Å²) in [5.74, 6) is 1.93. The molecule has 1 heterocycles. The van der Waals surface area contributed by atoms with E-state index >= 15 is 0 Å². The van der Waals surface area contributed by atoms with Gasteiger partial charge in [0.25, 0.3) is 0 Å². The van der Waals surface area contributed by atoms with Gasteiger partial charge in [-0.2, -0.15) is 0 Å². The van der Waals surface area contributed by atoms with Gasteiger partial charge < -0.3 is 15.1 Å². The monoisotopic (exact) mass is 263 g/mol. The third kappa shape index (κ3) is 4.97. The molecular weight excluding hydrogens is 238 g/mol. The molecule has 1 aromatic rings. The highest BCUT2D eigenvalue weighted by Gasteiger charge is 2.16. The average Bonchev–Trinajstić information content (AvgIpc) is 3.00. The predicted molar refractivity (Wildman–Crippen MR) is 78.4 cm³/mol. The molecule has 0 aromatic carbocycles. The normalized spacial score (nSPS) is 17.1. The summed E-state index contributed by atoms with van der Waals surface area (Å²) in [5, 5.41) is 6.93. The summed E-state index contributed by atoms with van der Waals surface area (Å²) in [6.45, 7) is 5.03. The lowest BCUT2D eigenvalue weighted by molar-refractivity contribution is 0.510. The fraction of sp³-hybridized carbons (Fsp3) is 0.667. The van der Waals surface area contributed by atoms with Crippen LogP contribution in [0, 0.1) is 0 Å². The van der Waals surface area contributed by atoms with E-state index in [0.717, 1.165) is 24.7 Å². The van der Waals surface area contributed by atoms with Gasteiger partial charge in [0.05, 0.1) is 6.26 Å². The summed E-state index contributed by atoms with van der Waals surface area (Å²) < 4.78 is 5.32. The minimum Gasteiger partial charge on any atom is -0.469 e. The van der Waals surface area contributed by atoms with Crippen molar-refractivity contribution in [3.8, 4) is 0 Å². The number of furan rings is 1. The minimum atomic E-state index is 0.399. The average molecular weight is 263 g/mol. The maximum atomic E-state index is 5.32. The molecule has 0 aliphatic heterocycles. The summed E-state index contributed by atoms with van der Waals surface area (Å²) in [5.41, 5.74) is 0. The standard InChI is InChI=1S/C15H25N3O/c1-12(2)17-15(18-13-6-3-4-7-13)16-10-9-14-8-5-11-19-14/h5,8,11-13H,3-4,6-7,9-10H2,1-2H3,(H2,16,17,18). The molecule has 4 heteroatoms. The Balaban J connectivity index is 1.84. The van der Waals surface area contributed by atoms with Gasteiger partial charge in [-0.05, 0) is 38.8 Å². The number of guanidine groups is 1. The maximum absolute atomic E-state index is 5.32. The van der Waals surface area contributed by atoms with Crippen LogP contribution in [0.2, 0.25) is 0 Å². The molecule has 2 N–H and O–H groups in total. The van der Waals surface area contributed by atoms with Crippen LogP contribution in [0.4, 0.5) is 0 Å². The smallest absolute Gasteiger partial charge is 0.191 e. The lowest BCUT2D eigenvalue weighted by Crippen LogP contribution is -2.45. The Labute approximate surface area is 115 Å². The zero-order valence-electron chi connectivity index (χ0n) is 12.0. The van der Waals surface area contributed by atoms with E-state index in [9.17, 15) is 0 Å². The van der Waals surface area contributed by atoms with E-state index in [-0.39, 0.29) is 0 Å². The number of hydrogen-bond acceptors (Lipinski definition) is 2. The molecule has 4 nitrogen and oxygen atoms in total. The van der Waals surface area contributed by atoms with Gasteiger partial charge in [-0.25, -0.2) is 0 Å². The first kappa shape index (κ1) is 14.0. The Morgan fingerprint density at radius 2 is 2.21 bits per heavy atom. The van der Waals surface area contributed by atoms with Crippen LogP contribution in [0.3, 0.4) is 0 Å². The maximum Gasteiger partial charge on any atom is 0.191 e. The van der Waals surface area contributed by atoms with Crippen molar-refractivity contribution in [3.05, 3.63) is 24.2 Å². The van der Waals surface area contributed by atoms with E-state index in [0.29, 0.717) is 12.1 Å².